The van der Waals surface area contributed by atoms with Gasteiger partial charge in [-0.3, -0.25) is 9.20 Å². The van der Waals surface area contributed by atoms with Gasteiger partial charge < -0.3 is 4.57 Å². The number of para-hydroxylation sites is 1. The van der Waals surface area contributed by atoms with E-state index in [2.05, 4.69) is 37.7 Å². The number of aromatic nitrogens is 6. The molecular weight excluding hydrogens is 448 g/mol. The first-order valence-corrected chi connectivity index (χ1v) is 12.5. The molecule has 0 N–H and O–H groups in total. The van der Waals surface area contributed by atoms with Gasteiger partial charge in [0.15, 0.2) is 9.50 Å². The molecule has 31 heavy (non-hydrogen) atoms. The number of fused-ring (bicyclic) bond motifs is 2. The normalized spacial score (nSPS) is 11.5. The lowest BCUT2D eigenvalue weighted by molar-refractivity contribution is 0.659. The Morgan fingerprint density at radius 2 is 1.87 bits per heavy atom. The largest absolute Gasteiger partial charge is 0.306 e. The van der Waals surface area contributed by atoms with Gasteiger partial charge in [0.25, 0.3) is 5.56 Å². The third-order valence-electron chi connectivity index (χ3n) is 4.68. The second-order valence-corrected chi connectivity index (χ2v) is 9.88. The topological polar surface area (TPSA) is 78.0 Å². The van der Waals surface area contributed by atoms with Crippen LogP contribution in [0, 0.1) is 0 Å². The van der Waals surface area contributed by atoms with E-state index in [4.69, 9.17) is 0 Å². The van der Waals surface area contributed by atoms with Gasteiger partial charge in [-0.25, -0.2) is 9.97 Å². The Balaban J connectivity index is 1.30. The number of pyridine rings is 1. The molecule has 0 radical (unpaired) electrons. The number of hydrogen-bond donors (Lipinski definition) is 0. The van der Waals surface area contributed by atoms with Gasteiger partial charge in [0.05, 0.1) is 21.7 Å². The first-order chi connectivity index (χ1) is 15.2. The molecule has 0 saturated carbocycles. The van der Waals surface area contributed by atoms with Gasteiger partial charge in [-0.1, -0.05) is 41.7 Å². The zero-order chi connectivity index (χ0) is 21.2. The third-order valence-corrected chi connectivity index (χ3v) is 7.86. The van der Waals surface area contributed by atoms with Crippen LogP contribution >= 0.6 is 34.9 Å². The number of hydrogen-bond acceptors (Lipinski definition) is 8. The lowest BCUT2D eigenvalue weighted by atomic mass is 10.3. The van der Waals surface area contributed by atoms with Crippen LogP contribution in [0.15, 0.2) is 69.0 Å². The van der Waals surface area contributed by atoms with E-state index in [1.807, 2.05) is 36.4 Å². The summed E-state index contributed by atoms with van der Waals surface area (Å²) in [6.07, 6.45) is 1.73. The van der Waals surface area contributed by atoms with Crippen molar-refractivity contribution in [1.82, 2.24) is 29.1 Å². The predicted octanol–water partition coefficient (Wildman–Crippen LogP) is 4.50. The van der Waals surface area contributed by atoms with Crippen molar-refractivity contribution in [2.75, 3.05) is 0 Å². The maximum absolute atomic E-state index is 12.3. The summed E-state index contributed by atoms with van der Waals surface area (Å²) in [5.74, 6) is 2.18. The highest BCUT2D eigenvalue weighted by Gasteiger charge is 2.14. The molecule has 0 bridgehead atoms. The van der Waals surface area contributed by atoms with Crippen LogP contribution in [0.1, 0.15) is 18.4 Å². The van der Waals surface area contributed by atoms with Crippen LogP contribution in [0.25, 0.3) is 15.9 Å². The van der Waals surface area contributed by atoms with E-state index in [1.54, 1.807) is 51.5 Å². The molecule has 156 valence electrons. The van der Waals surface area contributed by atoms with Gasteiger partial charge >= 0.3 is 0 Å². The van der Waals surface area contributed by atoms with Crippen LogP contribution in [0.5, 0.6) is 0 Å². The quantitative estimate of drug-likeness (QED) is 0.327. The van der Waals surface area contributed by atoms with Crippen LogP contribution in [-0.4, -0.2) is 29.1 Å². The van der Waals surface area contributed by atoms with E-state index >= 15 is 0 Å². The minimum atomic E-state index is -0.0777. The van der Waals surface area contributed by atoms with Crippen molar-refractivity contribution in [3.8, 4) is 0 Å². The van der Waals surface area contributed by atoms with Crippen molar-refractivity contribution < 1.29 is 0 Å². The minimum Gasteiger partial charge on any atom is -0.306 e. The van der Waals surface area contributed by atoms with Crippen molar-refractivity contribution in [2.24, 2.45) is 0 Å². The Labute approximate surface area is 190 Å². The molecule has 0 fully saturated rings. The Morgan fingerprint density at radius 3 is 2.74 bits per heavy atom. The molecule has 0 unspecified atom stereocenters. The molecule has 1 aromatic carbocycles. The minimum absolute atomic E-state index is 0.0777. The number of thiazole rings is 1. The zero-order valence-electron chi connectivity index (χ0n) is 16.6. The summed E-state index contributed by atoms with van der Waals surface area (Å²) < 4.78 is 5.87. The second-order valence-electron chi connectivity index (χ2n) is 6.68. The molecule has 7 nitrogen and oxygen atoms in total. The molecule has 5 rings (SSSR count). The molecule has 0 saturated heterocycles. The summed E-state index contributed by atoms with van der Waals surface area (Å²) in [5.41, 5.74) is 2.33. The first-order valence-electron chi connectivity index (χ1n) is 9.72. The van der Waals surface area contributed by atoms with Crippen LogP contribution in [0.4, 0.5) is 0 Å². The number of thioether (sulfide) groups is 2. The highest BCUT2D eigenvalue weighted by Crippen LogP contribution is 2.31. The molecule has 0 aliphatic carbocycles. The highest BCUT2D eigenvalue weighted by molar-refractivity contribution is 8.00. The van der Waals surface area contributed by atoms with Gasteiger partial charge in [-0.2, -0.15) is 0 Å². The van der Waals surface area contributed by atoms with Crippen LogP contribution in [0.2, 0.25) is 0 Å². The zero-order valence-corrected chi connectivity index (χ0v) is 19.1. The monoisotopic (exact) mass is 466 g/mol. The molecule has 4 heterocycles. The standard InChI is InChI=1S/C21H18N6OS3/c1-2-26-18(13-30-21-23-15-7-3-4-8-16(15)31-21)24-25-20(26)29-12-14-11-19(28)27-10-6-5-9-17(27)22-14/h3-11H,2,12-13H2,1H3. The fourth-order valence-corrected chi connectivity index (χ4v) is 6.13. The van der Waals surface area contributed by atoms with E-state index in [0.717, 1.165) is 33.1 Å². The average molecular weight is 467 g/mol. The summed E-state index contributed by atoms with van der Waals surface area (Å²) in [6, 6.07) is 15.3. The third kappa shape index (κ3) is 4.23. The average Bonchev–Trinajstić information content (AvgIpc) is 3.39. The molecule has 0 spiro atoms. The van der Waals surface area contributed by atoms with Crippen LogP contribution < -0.4 is 5.56 Å². The molecule has 4 aromatic heterocycles. The predicted molar refractivity (Wildman–Crippen MR) is 126 cm³/mol. The first kappa shape index (κ1) is 20.2. The maximum Gasteiger partial charge on any atom is 0.258 e. The van der Waals surface area contributed by atoms with E-state index in [-0.39, 0.29) is 5.56 Å². The summed E-state index contributed by atoms with van der Waals surface area (Å²) in [6.45, 7) is 2.86. The van der Waals surface area contributed by atoms with Crippen molar-refractivity contribution in [3.63, 3.8) is 0 Å². The summed E-state index contributed by atoms with van der Waals surface area (Å²) in [5, 5.41) is 9.60. The molecule has 0 atom stereocenters. The lowest BCUT2D eigenvalue weighted by Crippen LogP contribution is -2.14. The molecule has 10 heteroatoms. The Morgan fingerprint density at radius 1 is 1.00 bits per heavy atom. The summed E-state index contributed by atoms with van der Waals surface area (Å²) in [4.78, 5) is 21.6. The molecule has 5 aromatic rings. The fraction of sp³-hybridized carbons (Fsp3) is 0.190. The maximum atomic E-state index is 12.3. The van der Waals surface area contributed by atoms with Crippen molar-refractivity contribution >= 4 is 50.7 Å². The smallest absolute Gasteiger partial charge is 0.258 e. The SMILES string of the molecule is CCn1c(CSc2nc3ccccc3s2)nnc1SCc1cc(=O)n2ccccc2n1. The van der Waals surface area contributed by atoms with Gasteiger partial charge in [-0.05, 0) is 31.2 Å². The summed E-state index contributed by atoms with van der Waals surface area (Å²) in [7, 11) is 0. The Hall–Kier alpha value is -2.69. The van der Waals surface area contributed by atoms with Gasteiger partial charge in [0, 0.05) is 24.6 Å². The van der Waals surface area contributed by atoms with Crippen molar-refractivity contribution in [1.29, 1.82) is 0 Å². The highest BCUT2D eigenvalue weighted by atomic mass is 32.2. The van der Waals surface area contributed by atoms with Crippen molar-refractivity contribution in [2.45, 2.75) is 34.5 Å². The van der Waals surface area contributed by atoms with Gasteiger partial charge in [-0.15, -0.1) is 21.5 Å². The number of nitrogens with zero attached hydrogens (tertiary/aromatic N) is 6. The molecular formula is C21H18N6OS3. The molecule has 0 aliphatic rings. The van der Waals surface area contributed by atoms with Crippen LogP contribution in [-0.2, 0) is 18.1 Å². The van der Waals surface area contributed by atoms with E-state index < -0.39 is 0 Å². The van der Waals surface area contributed by atoms with E-state index in [0.29, 0.717) is 17.2 Å². The Bertz CT molecular complexity index is 1390. The number of rotatable bonds is 7. The Kier molecular flexibility index (Phi) is 5.75. The summed E-state index contributed by atoms with van der Waals surface area (Å²) >= 11 is 4.92. The molecule has 0 aliphatic heterocycles. The fourth-order valence-electron chi connectivity index (χ4n) is 3.20. The lowest BCUT2D eigenvalue weighted by Gasteiger charge is -2.07. The second kappa shape index (κ2) is 8.81. The van der Waals surface area contributed by atoms with Crippen molar-refractivity contribution in [3.05, 3.63) is 76.6 Å². The van der Waals surface area contributed by atoms with E-state index in [9.17, 15) is 4.79 Å². The van der Waals surface area contributed by atoms with Gasteiger partial charge in [0.1, 0.15) is 11.5 Å². The molecule has 0 amide bonds. The van der Waals surface area contributed by atoms with Gasteiger partial charge in [0.2, 0.25) is 0 Å². The van der Waals surface area contributed by atoms with E-state index in [1.165, 1.54) is 4.70 Å². The number of benzene rings is 1. The van der Waals surface area contributed by atoms with Crippen LogP contribution in [0.3, 0.4) is 0 Å².